The average Bonchev–Trinajstić information content (AvgIpc) is 2.07. The number of sulfone groups is 1. The van der Waals surface area contributed by atoms with Crippen molar-refractivity contribution in [2.24, 2.45) is 11.8 Å². The highest BCUT2D eigenvalue weighted by Crippen LogP contribution is 2.43. The van der Waals surface area contributed by atoms with Gasteiger partial charge in [0.2, 0.25) is 0 Å². The largest absolute Gasteiger partial charge is 0.315 e. The number of hydrogen-bond donors (Lipinski definition) is 1. The van der Waals surface area contributed by atoms with Crippen molar-refractivity contribution in [3.8, 4) is 0 Å². The summed E-state index contributed by atoms with van der Waals surface area (Å²) in [4.78, 5) is 0. The third kappa shape index (κ3) is 2.53. The molecule has 1 aliphatic rings. The maximum absolute atomic E-state index is 11.8. The molecule has 2 atom stereocenters. The van der Waals surface area contributed by atoms with E-state index in [1.165, 1.54) is 6.26 Å². The molecule has 0 aliphatic heterocycles. The van der Waals surface area contributed by atoms with Gasteiger partial charge in [0.15, 0.2) is 9.84 Å². The Kier molecular flexibility index (Phi) is 3.82. The third-order valence-electron chi connectivity index (χ3n) is 3.61. The summed E-state index contributed by atoms with van der Waals surface area (Å²) < 4.78 is 23.1. The molecular weight excluding hydrogens is 210 g/mol. The summed E-state index contributed by atoms with van der Waals surface area (Å²) in [6.45, 7) is 7.81. The molecule has 0 spiro atoms. The predicted octanol–water partition coefficient (Wildman–Crippen LogP) is 1.45. The standard InChI is InChI=1S/C11H23NO2S/c1-9(2)7-12-8-11(15(4,13)14)6-5-10(11)3/h9-10,12H,5-8H2,1-4H3. The molecule has 15 heavy (non-hydrogen) atoms. The van der Waals surface area contributed by atoms with E-state index in [9.17, 15) is 8.42 Å². The fourth-order valence-electron chi connectivity index (χ4n) is 2.27. The SMILES string of the molecule is CC(C)CNCC1(S(C)(=O)=O)CCC1C. The normalized spacial score (nSPS) is 31.7. The van der Waals surface area contributed by atoms with Crippen molar-refractivity contribution >= 4 is 9.84 Å². The highest BCUT2D eigenvalue weighted by molar-refractivity contribution is 7.92. The molecule has 1 saturated carbocycles. The summed E-state index contributed by atoms with van der Waals surface area (Å²) >= 11 is 0. The molecule has 1 aliphatic carbocycles. The van der Waals surface area contributed by atoms with E-state index in [-0.39, 0.29) is 0 Å². The Morgan fingerprint density at radius 2 is 2.07 bits per heavy atom. The van der Waals surface area contributed by atoms with Crippen molar-refractivity contribution < 1.29 is 8.42 Å². The van der Waals surface area contributed by atoms with Gasteiger partial charge in [-0.2, -0.15) is 0 Å². The minimum Gasteiger partial charge on any atom is -0.315 e. The van der Waals surface area contributed by atoms with Crippen LogP contribution in [0.3, 0.4) is 0 Å². The van der Waals surface area contributed by atoms with E-state index in [4.69, 9.17) is 0 Å². The summed E-state index contributed by atoms with van der Waals surface area (Å²) in [5, 5.41) is 3.29. The first-order valence-corrected chi connectivity index (χ1v) is 7.59. The molecule has 3 nitrogen and oxygen atoms in total. The van der Waals surface area contributed by atoms with Crippen LogP contribution < -0.4 is 5.32 Å². The van der Waals surface area contributed by atoms with E-state index in [0.717, 1.165) is 19.4 Å². The van der Waals surface area contributed by atoms with E-state index in [0.29, 0.717) is 18.4 Å². The summed E-state index contributed by atoms with van der Waals surface area (Å²) in [5.41, 5.74) is 0. The minimum absolute atomic E-state index is 0.298. The first kappa shape index (κ1) is 13.0. The first-order valence-electron chi connectivity index (χ1n) is 5.70. The monoisotopic (exact) mass is 233 g/mol. The summed E-state index contributed by atoms with van der Waals surface area (Å²) in [6.07, 6.45) is 3.23. The summed E-state index contributed by atoms with van der Waals surface area (Å²) in [7, 11) is -2.94. The molecule has 0 aromatic rings. The van der Waals surface area contributed by atoms with Crippen molar-refractivity contribution in [3.05, 3.63) is 0 Å². The zero-order chi connectivity index (χ0) is 11.7. The van der Waals surface area contributed by atoms with Gasteiger partial charge in [-0.3, -0.25) is 0 Å². The lowest BCUT2D eigenvalue weighted by molar-refractivity contribution is 0.215. The van der Waals surface area contributed by atoms with Crippen molar-refractivity contribution in [2.45, 2.75) is 38.4 Å². The van der Waals surface area contributed by atoms with Crippen LogP contribution in [-0.2, 0) is 9.84 Å². The minimum atomic E-state index is -2.94. The number of rotatable bonds is 5. The second-order valence-corrected chi connectivity index (χ2v) is 7.66. The van der Waals surface area contributed by atoms with E-state index < -0.39 is 14.6 Å². The Morgan fingerprint density at radius 3 is 2.33 bits per heavy atom. The lowest BCUT2D eigenvalue weighted by Gasteiger charge is -2.46. The van der Waals surface area contributed by atoms with Gasteiger partial charge >= 0.3 is 0 Å². The molecule has 0 radical (unpaired) electrons. The molecule has 0 aromatic carbocycles. The maximum atomic E-state index is 11.8. The van der Waals surface area contributed by atoms with Crippen LogP contribution in [0.2, 0.25) is 0 Å². The van der Waals surface area contributed by atoms with Crippen LogP contribution in [0.15, 0.2) is 0 Å². The van der Waals surface area contributed by atoms with Crippen LogP contribution in [0.5, 0.6) is 0 Å². The van der Waals surface area contributed by atoms with Crippen molar-refractivity contribution in [2.75, 3.05) is 19.3 Å². The van der Waals surface area contributed by atoms with Gasteiger partial charge in [-0.25, -0.2) is 8.42 Å². The Balaban J connectivity index is 2.61. The van der Waals surface area contributed by atoms with Crippen LogP contribution in [0.4, 0.5) is 0 Å². The maximum Gasteiger partial charge on any atom is 0.154 e. The van der Waals surface area contributed by atoms with Gasteiger partial charge in [0, 0.05) is 12.8 Å². The molecule has 0 saturated heterocycles. The molecule has 0 bridgehead atoms. The highest BCUT2D eigenvalue weighted by atomic mass is 32.2. The fourth-order valence-corrected chi connectivity index (χ4v) is 3.97. The van der Waals surface area contributed by atoms with Crippen molar-refractivity contribution in [3.63, 3.8) is 0 Å². The Bertz CT molecular complexity index is 311. The molecular formula is C11H23NO2S. The molecule has 0 aromatic heterocycles. The van der Waals surface area contributed by atoms with Gasteiger partial charge < -0.3 is 5.32 Å². The predicted molar refractivity (Wildman–Crippen MR) is 63.7 cm³/mol. The van der Waals surface area contributed by atoms with Crippen LogP contribution >= 0.6 is 0 Å². The van der Waals surface area contributed by atoms with Crippen LogP contribution in [0, 0.1) is 11.8 Å². The summed E-state index contributed by atoms with van der Waals surface area (Å²) in [5.74, 6) is 0.865. The molecule has 1 fully saturated rings. The van der Waals surface area contributed by atoms with Gasteiger partial charge in [0.1, 0.15) is 0 Å². The van der Waals surface area contributed by atoms with E-state index in [1.54, 1.807) is 0 Å². The van der Waals surface area contributed by atoms with Crippen LogP contribution in [-0.4, -0.2) is 32.5 Å². The topological polar surface area (TPSA) is 46.2 Å². The van der Waals surface area contributed by atoms with E-state index in [2.05, 4.69) is 19.2 Å². The molecule has 1 rings (SSSR count). The van der Waals surface area contributed by atoms with Crippen LogP contribution in [0.1, 0.15) is 33.6 Å². The highest BCUT2D eigenvalue weighted by Gasteiger charge is 2.51. The van der Waals surface area contributed by atoms with Gasteiger partial charge in [-0.1, -0.05) is 20.8 Å². The zero-order valence-electron chi connectivity index (χ0n) is 10.2. The second-order valence-electron chi connectivity index (χ2n) is 5.30. The van der Waals surface area contributed by atoms with Gasteiger partial charge in [-0.05, 0) is 31.2 Å². The molecule has 0 heterocycles. The van der Waals surface area contributed by atoms with Crippen molar-refractivity contribution in [1.82, 2.24) is 5.32 Å². The molecule has 4 heteroatoms. The number of hydrogen-bond acceptors (Lipinski definition) is 3. The van der Waals surface area contributed by atoms with Gasteiger partial charge in [0.25, 0.3) is 0 Å². The lowest BCUT2D eigenvalue weighted by atomic mass is 9.74. The first-order chi connectivity index (χ1) is 6.79. The quantitative estimate of drug-likeness (QED) is 0.781. The average molecular weight is 233 g/mol. The van der Waals surface area contributed by atoms with E-state index >= 15 is 0 Å². The van der Waals surface area contributed by atoms with Crippen molar-refractivity contribution in [1.29, 1.82) is 0 Å². The lowest BCUT2D eigenvalue weighted by Crippen LogP contribution is -2.58. The number of nitrogens with one attached hydrogen (secondary N) is 1. The fraction of sp³-hybridized carbons (Fsp3) is 1.00. The Hall–Kier alpha value is -0.0900. The molecule has 90 valence electrons. The Labute approximate surface area is 93.6 Å². The second kappa shape index (κ2) is 4.42. The van der Waals surface area contributed by atoms with Crippen LogP contribution in [0.25, 0.3) is 0 Å². The molecule has 2 unspecified atom stereocenters. The van der Waals surface area contributed by atoms with Gasteiger partial charge in [0.05, 0.1) is 4.75 Å². The third-order valence-corrected chi connectivity index (χ3v) is 5.84. The smallest absolute Gasteiger partial charge is 0.154 e. The van der Waals surface area contributed by atoms with E-state index in [1.807, 2.05) is 6.92 Å². The molecule has 0 amide bonds. The van der Waals surface area contributed by atoms with Gasteiger partial charge in [-0.15, -0.1) is 0 Å². The summed E-state index contributed by atoms with van der Waals surface area (Å²) in [6, 6.07) is 0. The zero-order valence-corrected chi connectivity index (χ0v) is 11.0. The molecule has 1 N–H and O–H groups in total. The Morgan fingerprint density at radius 1 is 1.47 bits per heavy atom.